The number of hydrogen-bond acceptors (Lipinski definition) is 3. The van der Waals surface area contributed by atoms with Gasteiger partial charge in [-0.3, -0.25) is 9.97 Å². The van der Waals surface area contributed by atoms with E-state index in [2.05, 4.69) is 45.8 Å². The van der Waals surface area contributed by atoms with Crippen molar-refractivity contribution in [2.75, 3.05) is 6.61 Å². The molecule has 0 spiro atoms. The third-order valence-corrected chi connectivity index (χ3v) is 5.80. The lowest BCUT2D eigenvalue weighted by Gasteiger charge is -2.09. The monoisotopic (exact) mass is 476 g/mol. The zero-order chi connectivity index (χ0) is 25.3. The Labute approximate surface area is 217 Å². The van der Waals surface area contributed by atoms with Crippen molar-refractivity contribution in [3.63, 3.8) is 0 Å². The molecule has 0 aliphatic carbocycles. The standard InChI is InChI=1S/C34H24N2O/c1-2-37-34-30(16-14-26-8-3-5-12-32(26)28-18-22-35-23-19-28)10-7-11-31(34)17-15-27-9-4-6-13-33(27)29-20-24-36-25-21-29/h3-13,18-25H,2H2,1H3. The van der Waals surface area contributed by atoms with Crippen molar-refractivity contribution in [2.24, 2.45) is 0 Å². The van der Waals surface area contributed by atoms with Gasteiger partial charge in [0.15, 0.2) is 5.75 Å². The SMILES string of the molecule is CCOc1c(C#Cc2ccccc2-c2ccncc2)cccc1C#Cc1ccccc1-c1ccncc1. The second-order valence-electron chi connectivity index (χ2n) is 8.18. The number of rotatable bonds is 4. The molecule has 0 radical (unpaired) electrons. The van der Waals surface area contributed by atoms with Gasteiger partial charge in [-0.25, -0.2) is 0 Å². The Morgan fingerprint density at radius 2 is 0.919 bits per heavy atom. The minimum atomic E-state index is 0.522. The van der Waals surface area contributed by atoms with E-state index in [1.807, 2.05) is 85.8 Å². The van der Waals surface area contributed by atoms with Crippen LogP contribution in [-0.4, -0.2) is 16.6 Å². The molecule has 176 valence electrons. The molecule has 0 N–H and O–H groups in total. The number of para-hydroxylation sites is 1. The van der Waals surface area contributed by atoms with Crippen LogP contribution in [0.1, 0.15) is 29.2 Å². The van der Waals surface area contributed by atoms with E-state index in [4.69, 9.17) is 4.74 Å². The van der Waals surface area contributed by atoms with Crippen molar-refractivity contribution < 1.29 is 4.74 Å². The smallest absolute Gasteiger partial charge is 0.150 e. The first-order valence-corrected chi connectivity index (χ1v) is 12.1. The van der Waals surface area contributed by atoms with Gasteiger partial charge in [-0.15, -0.1) is 0 Å². The van der Waals surface area contributed by atoms with Crippen LogP contribution in [0.3, 0.4) is 0 Å². The van der Waals surface area contributed by atoms with Gasteiger partial charge in [-0.05, 0) is 77.7 Å². The maximum atomic E-state index is 6.05. The Bertz CT molecular complexity index is 1520. The first-order chi connectivity index (χ1) is 18.3. The van der Waals surface area contributed by atoms with Crippen molar-refractivity contribution in [1.82, 2.24) is 9.97 Å². The topological polar surface area (TPSA) is 35.0 Å². The Morgan fingerprint density at radius 3 is 1.38 bits per heavy atom. The highest BCUT2D eigenvalue weighted by atomic mass is 16.5. The zero-order valence-corrected chi connectivity index (χ0v) is 20.5. The molecule has 3 nitrogen and oxygen atoms in total. The number of nitrogens with zero attached hydrogens (tertiary/aromatic N) is 2. The minimum Gasteiger partial charge on any atom is -0.491 e. The van der Waals surface area contributed by atoms with E-state index < -0.39 is 0 Å². The molecular formula is C34H24N2O. The maximum absolute atomic E-state index is 6.05. The Balaban J connectivity index is 1.53. The van der Waals surface area contributed by atoms with Crippen LogP contribution in [0.25, 0.3) is 22.3 Å². The summed E-state index contributed by atoms with van der Waals surface area (Å²) in [7, 11) is 0. The van der Waals surface area contributed by atoms with Crippen LogP contribution in [0.2, 0.25) is 0 Å². The summed E-state index contributed by atoms with van der Waals surface area (Å²) in [5.41, 5.74) is 7.80. The molecule has 0 aliphatic rings. The summed E-state index contributed by atoms with van der Waals surface area (Å²) >= 11 is 0. The quantitative estimate of drug-likeness (QED) is 0.262. The van der Waals surface area contributed by atoms with Gasteiger partial charge in [-0.1, -0.05) is 66.1 Å². The third-order valence-electron chi connectivity index (χ3n) is 5.80. The zero-order valence-electron chi connectivity index (χ0n) is 20.5. The van der Waals surface area contributed by atoms with Crippen molar-refractivity contribution in [3.8, 4) is 51.7 Å². The number of hydrogen-bond donors (Lipinski definition) is 0. The summed E-state index contributed by atoms with van der Waals surface area (Å²) in [5.74, 6) is 14.1. The molecule has 0 atom stereocenters. The second-order valence-corrected chi connectivity index (χ2v) is 8.18. The predicted octanol–water partition coefficient (Wildman–Crippen LogP) is 7.01. The number of aromatic nitrogens is 2. The third kappa shape index (κ3) is 5.59. The van der Waals surface area contributed by atoms with E-state index in [1.54, 1.807) is 24.8 Å². The molecule has 0 amide bonds. The molecule has 0 saturated heterocycles. The fourth-order valence-corrected chi connectivity index (χ4v) is 4.05. The summed E-state index contributed by atoms with van der Waals surface area (Å²) in [6, 6.07) is 30.1. The highest BCUT2D eigenvalue weighted by molar-refractivity contribution is 5.73. The highest BCUT2D eigenvalue weighted by Gasteiger charge is 2.08. The number of benzene rings is 3. The predicted molar refractivity (Wildman–Crippen MR) is 149 cm³/mol. The van der Waals surface area contributed by atoms with Crippen molar-refractivity contribution in [1.29, 1.82) is 0 Å². The molecular weight excluding hydrogens is 452 g/mol. The van der Waals surface area contributed by atoms with Gasteiger partial charge < -0.3 is 4.74 Å². The Kier molecular flexibility index (Phi) is 7.36. The van der Waals surface area contributed by atoms with Crippen molar-refractivity contribution in [3.05, 3.63) is 138 Å². The van der Waals surface area contributed by atoms with Crippen LogP contribution in [0.4, 0.5) is 0 Å². The largest absolute Gasteiger partial charge is 0.491 e. The van der Waals surface area contributed by atoms with E-state index in [1.165, 1.54) is 0 Å². The van der Waals surface area contributed by atoms with Crippen molar-refractivity contribution >= 4 is 0 Å². The number of pyridine rings is 2. The van der Waals surface area contributed by atoms with Gasteiger partial charge >= 0.3 is 0 Å². The molecule has 2 heterocycles. The Morgan fingerprint density at radius 1 is 0.514 bits per heavy atom. The molecule has 2 aromatic heterocycles. The molecule has 5 rings (SSSR count). The molecule has 3 aromatic carbocycles. The average Bonchev–Trinajstić information content (AvgIpc) is 2.97. The number of ether oxygens (including phenoxy) is 1. The fourth-order valence-electron chi connectivity index (χ4n) is 4.05. The van der Waals surface area contributed by atoms with Crippen LogP contribution in [0, 0.1) is 23.7 Å². The molecule has 0 aliphatic heterocycles. The van der Waals surface area contributed by atoms with E-state index in [-0.39, 0.29) is 0 Å². The summed E-state index contributed by atoms with van der Waals surface area (Å²) in [6.07, 6.45) is 7.17. The molecule has 0 unspecified atom stereocenters. The van der Waals surface area contributed by atoms with Gasteiger partial charge in [0, 0.05) is 35.9 Å². The van der Waals surface area contributed by atoms with Crippen LogP contribution in [-0.2, 0) is 0 Å². The van der Waals surface area contributed by atoms with Gasteiger partial charge in [-0.2, -0.15) is 0 Å². The molecule has 0 fully saturated rings. The van der Waals surface area contributed by atoms with E-state index in [0.29, 0.717) is 12.4 Å². The lowest BCUT2D eigenvalue weighted by atomic mass is 10.00. The minimum absolute atomic E-state index is 0.522. The van der Waals surface area contributed by atoms with Crippen LogP contribution < -0.4 is 4.74 Å². The van der Waals surface area contributed by atoms with Gasteiger partial charge in [0.1, 0.15) is 0 Å². The molecule has 5 aromatic rings. The summed E-state index contributed by atoms with van der Waals surface area (Å²) in [4.78, 5) is 8.26. The summed E-state index contributed by atoms with van der Waals surface area (Å²) in [6.45, 7) is 2.49. The van der Waals surface area contributed by atoms with Crippen molar-refractivity contribution in [2.45, 2.75) is 6.92 Å². The first kappa shape index (κ1) is 23.6. The first-order valence-electron chi connectivity index (χ1n) is 12.1. The van der Waals surface area contributed by atoms with E-state index in [9.17, 15) is 0 Å². The van der Waals surface area contributed by atoms with Crippen LogP contribution >= 0.6 is 0 Å². The lowest BCUT2D eigenvalue weighted by Crippen LogP contribution is -1.97. The normalized spacial score (nSPS) is 9.97. The summed E-state index contributed by atoms with van der Waals surface area (Å²) < 4.78 is 6.05. The average molecular weight is 477 g/mol. The van der Waals surface area contributed by atoms with Gasteiger partial charge in [0.2, 0.25) is 0 Å². The van der Waals surface area contributed by atoms with E-state index >= 15 is 0 Å². The van der Waals surface area contributed by atoms with E-state index in [0.717, 1.165) is 44.5 Å². The van der Waals surface area contributed by atoms with Crippen LogP contribution in [0.5, 0.6) is 5.75 Å². The molecule has 0 bridgehead atoms. The Hall–Kier alpha value is -5.12. The van der Waals surface area contributed by atoms with Gasteiger partial charge in [0.25, 0.3) is 0 Å². The fraction of sp³-hybridized carbons (Fsp3) is 0.0588. The lowest BCUT2D eigenvalue weighted by molar-refractivity contribution is 0.338. The molecule has 3 heteroatoms. The molecule has 0 saturated carbocycles. The summed E-state index contributed by atoms with van der Waals surface area (Å²) in [5, 5.41) is 0. The van der Waals surface area contributed by atoms with Crippen LogP contribution in [0.15, 0.2) is 116 Å². The highest BCUT2D eigenvalue weighted by Crippen LogP contribution is 2.26. The maximum Gasteiger partial charge on any atom is 0.150 e. The van der Waals surface area contributed by atoms with Gasteiger partial charge in [0.05, 0.1) is 17.7 Å². The molecule has 37 heavy (non-hydrogen) atoms. The second kappa shape index (κ2) is 11.5.